The third kappa shape index (κ3) is 2.89. The van der Waals surface area contributed by atoms with Crippen molar-refractivity contribution < 1.29 is 19.1 Å². The van der Waals surface area contributed by atoms with E-state index in [4.69, 9.17) is 15.3 Å². The van der Waals surface area contributed by atoms with E-state index in [0.717, 1.165) is 0 Å². The molecular formula is C17H17N3O4. The number of nitrogens with zero attached hydrogens (tertiary/aromatic N) is 1. The fraction of sp³-hybridized carbons (Fsp3) is 0.176. The summed E-state index contributed by atoms with van der Waals surface area (Å²) in [5, 5.41) is 0. The molecule has 0 spiro atoms. The molecule has 1 atom stereocenters. The fourth-order valence-corrected chi connectivity index (χ4v) is 2.57. The van der Waals surface area contributed by atoms with Crippen molar-refractivity contribution in [3.8, 4) is 11.5 Å². The third-order valence-corrected chi connectivity index (χ3v) is 3.77. The normalized spacial score (nSPS) is 15.9. The Morgan fingerprint density at radius 3 is 2.79 bits per heavy atom. The van der Waals surface area contributed by atoms with Crippen LogP contribution in [0.3, 0.4) is 0 Å². The molecule has 0 radical (unpaired) electrons. The average Bonchev–Trinajstić information content (AvgIpc) is 2.65. The van der Waals surface area contributed by atoms with Gasteiger partial charge in [-0.1, -0.05) is 18.2 Å². The summed E-state index contributed by atoms with van der Waals surface area (Å²) < 4.78 is 10.8. The van der Waals surface area contributed by atoms with E-state index in [1.807, 2.05) is 0 Å². The van der Waals surface area contributed by atoms with Gasteiger partial charge in [-0.3, -0.25) is 15.0 Å². The van der Waals surface area contributed by atoms with Gasteiger partial charge >= 0.3 is 0 Å². The van der Waals surface area contributed by atoms with Crippen LogP contribution >= 0.6 is 0 Å². The number of nitrogens with one attached hydrogen (secondary N) is 1. The van der Waals surface area contributed by atoms with E-state index in [-0.39, 0.29) is 12.5 Å². The minimum absolute atomic E-state index is 0.0656. The lowest BCUT2D eigenvalue weighted by molar-refractivity contribution is -0.127. The summed E-state index contributed by atoms with van der Waals surface area (Å²) in [6, 6.07) is 13.9. The third-order valence-electron chi connectivity index (χ3n) is 3.77. The van der Waals surface area contributed by atoms with Gasteiger partial charge in [0.15, 0.2) is 6.10 Å². The molecule has 1 heterocycles. The number of rotatable bonds is 3. The van der Waals surface area contributed by atoms with Crippen LogP contribution in [0.25, 0.3) is 0 Å². The van der Waals surface area contributed by atoms with Crippen LogP contribution in [0.5, 0.6) is 11.5 Å². The quantitative estimate of drug-likeness (QED) is 0.500. The number of carbonyl (C=O) groups is 2. The summed E-state index contributed by atoms with van der Waals surface area (Å²) >= 11 is 0. The lowest BCUT2D eigenvalue weighted by Gasteiger charge is -2.34. The van der Waals surface area contributed by atoms with Gasteiger partial charge in [-0.05, 0) is 30.3 Å². The smallest absolute Gasteiger partial charge is 0.276 e. The van der Waals surface area contributed by atoms with Crippen LogP contribution in [0.4, 0.5) is 5.69 Å². The van der Waals surface area contributed by atoms with Crippen molar-refractivity contribution >= 4 is 17.5 Å². The first-order chi connectivity index (χ1) is 11.6. The van der Waals surface area contributed by atoms with Crippen LogP contribution in [0.2, 0.25) is 0 Å². The molecule has 0 fully saturated rings. The first kappa shape index (κ1) is 15.8. The number of hydrogen-bond donors (Lipinski definition) is 2. The molecule has 7 nitrogen and oxygen atoms in total. The predicted octanol–water partition coefficient (Wildman–Crippen LogP) is 1.09. The van der Waals surface area contributed by atoms with Crippen LogP contribution in [0, 0.1) is 0 Å². The molecule has 24 heavy (non-hydrogen) atoms. The van der Waals surface area contributed by atoms with Crippen molar-refractivity contribution in [1.82, 2.24) is 5.43 Å². The minimum Gasteiger partial charge on any atom is -0.497 e. The molecule has 1 unspecified atom stereocenters. The highest BCUT2D eigenvalue weighted by Crippen LogP contribution is 2.34. The van der Waals surface area contributed by atoms with Crippen LogP contribution < -0.4 is 25.6 Å². The second kappa shape index (κ2) is 6.59. The van der Waals surface area contributed by atoms with Crippen LogP contribution in [0.15, 0.2) is 48.5 Å². The number of para-hydroxylation sites is 2. The number of methoxy groups -OCH3 is 1. The molecule has 0 aliphatic carbocycles. The second-order valence-electron chi connectivity index (χ2n) is 5.23. The largest absolute Gasteiger partial charge is 0.497 e. The SMILES string of the molecule is COc1cccc(C(=O)N2CC(C(=O)NN)Oc3ccccc32)c1. The van der Waals surface area contributed by atoms with E-state index < -0.39 is 12.0 Å². The Morgan fingerprint density at radius 2 is 2.04 bits per heavy atom. The van der Waals surface area contributed by atoms with E-state index in [1.54, 1.807) is 48.5 Å². The first-order valence-corrected chi connectivity index (χ1v) is 7.36. The second-order valence-corrected chi connectivity index (χ2v) is 5.23. The molecule has 1 aliphatic rings. The molecule has 124 valence electrons. The molecule has 0 saturated carbocycles. The Bertz CT molecular complexity index is 778. The Kier molecular flexibility index (Phi) is 4.35. The number of carbonyl (C=O) groups excluding carboxylic acids is 2. The molecule has 3 rings (SSSR count). The zero-order valence-electron chi connectivity index (χ0n) is 13.1. The molecule has 1 aliphatic heterocycles. The molecule has 0 saturated heterocycles. The summed E-state index contributed by atoms with van der Waals surface area (Å²) in [6.07, 6.45) is -0.876. The van der Waals surface area contributed by atoms with Crippen LogP contribution in [-0.4, -0.2) is 31.6 Å². The number of hydrogen-bond acceptors (Lipinski definition) is 5. The Morgan fingerprint density at radius 1 is 1.25 bits per heavy atom. The minimum atomic E-state index is -0.876. The van der Waals surface area contributed by atoms with Crippen molar-refractivity contribution in [3.05, 3.63) is 54.1 Å². The van der Waals surface area contributed by atoms with E-state index >= 15 is 0 Å². The number of anilines is 1. The Labute approximate surface area is 138 Å². The lowest BCUT2D eigenvalue weighted by atomic mass is 10.1. The zero-order chi connectivity index (χ0) is 17.1. The van der Waals surface area contributed by atoms with Gasteiger partial charge in [0, 0.05) is 5.56 Å². The van der Waals surface area contributed by atoms with E-state index in [9.17, 15) is 9.59 Å². The number of ether oxygens (including phenoxy) is 2. The van der Waals surface area contributed by atoms with Crippen LogP contribution in [0.1, 0.15) is 10.4 Å². The summed E-state index contributed by atoms with van der Waals surface area (Å²) in [5.74, 6) is 5.49. The fourth-order valence-electron chi connectivity index (χ4n) is 2.57. The molecule has 2 amide bonds. The molecule has 2 aromatic rings. The van der Waals surface area contributed by atoms with E-state index in [1.165, 1.54) is 12.0 Å². The molecule has 7 heteroatoms. The zero-order valence-corrected chi connectivity index (χ0v) is 13.1. The molecule has 0 aromatic heterocycles. The monoisotopic (exact) mass is 327 g/mol. The van der Waals surface area contributed by atoms with Crippen LogP contribution in [-0.2, 0) is 4.79 Å². The van der Waals surface area contributed by atoms with Crippen molar-refractivity contribution in [1.29, 1.82) is 0 Å². The lowest BCUT2D eigenvalue weighted by Crippen LogP contribution is -2.52. The van der Waals surface area contributed by atoms with Gasteiger partial charge < -0.3 is 14.4 Å². The topological polar surface area (TPSA) is 93.9 Å². The van der Waals surface area contributed by atoms with Crippen molar-refractivity contribution in [2.24, 2.45) is 5.84 Å². The van der Waals surface area contributed by atoms with Gasteiger partial charge in [0.25, 0.3) is 11.8 Å². The summed E-state index contributed by atoms with van der Waals surface area (Å²) in [6.45, 7) is 0.0656. The maximum Gasteiger partial charge on any atom is 0.276 e. The molecule has 2 aromatic carbocycles. The molecule has 0 bridgehead atoms. The number of hydrazine groups is 1. The maximum atomic E-state index is 12.9. The predicted molar refractivity (Wildman–Crippen MR) is 87.9 cm³/mol. The van der Waals surface area contributed by atoms with Crippen molar-refractivity contribution in [2.75, 3.05) is 18.6 Å². The number of amides is 2. The van der Waals surface area contributed by atoms with E-state index in [0.29, 0.717) is 22.7 Å². The summed E-state index contributed by atoms with van der Waals surface area (Å²) in [4.78, 5) is 26.3. The van der Waals surface area contributed by atoms with Gasteiger partial charge in [0.2, 0.25) is 0 Å². The number of benzene rings is 2. The maximum absolute atomic E-state index is 12.9. The number of nitrogens with two attached hydrogens (primary N) is 1. The Hall–Kier alpha value is -3.06. The standard InChI is InChI=1S/C17H17N3O4/c1-23-12-6-4-5-11(9-12)17(22)20-10-15(16(21)19-18)24-14-8-3-2-7-13(14)20/h2-9,15H,10,18H2,1H3,(H,19,21). The highest BCUT2D eigenvalue weighted by Gasteiger charge is 2.33. The highest BCUT2D eigenvalue weighted by atomic mass is 16.5. The van der Waals surface area contributed by atoms with Crippen molar-refractivity contribution in [2.45, 2.75) is 6.10 Å². The van der Waals surface area contributed by atoms with Gasteiger partial charge in [0.05, 0.1) is 19.3 Å². The van der Waals surface area contributed by atoms with Gasteiger partial charge in [-0.2, -0.15) is 0 Å². The first-order valence-electron chi connectivity index (χ1n) is 7.36. The van der Waals surface area contributed by atoms with Gasteiger partial charge in [-0.25, -0.2) is 5.84 Å². The molecule has 3 N–H and O–H groups in total. The van der Waals surface area contributed by atoms with E-state index in [2.05, 4.69) is 5.43 Å². The highest BCUT2D eigenvalue weighted by molar-refractivity contribution is 6.08. The average molecular weight is 327 g/mol. The van der Waals surface area contributed by atoms with Gasteiger partial charge in [0.1, 0.15) is 11.5 Å². The van der Waals surface area contributed by atoms with Gasteiger partial charge in [-0.15, -0.1) is 0 Å². The number of fused-ring (bicyclic) bond motifs is 1. The Balaban J connectivity index is 1.98. The summed E-state index contributed by atoms with van der Waals surface area (Å²) in [5.41, 5.74) is 3.12. The summed E-state index contributed by atoms with van der Waals surface area (Å²) in [7, 11) is 1.54. The molecular weight excluding hydrogens is 310 g/mol. The van der Waals surface area contributed by atoms with Crippen molar-refractivity contribution in [3.63, 3.8) is 0 Å².